The van der Waals surface area contributed by atoms with Crippen molar-refractivity contribution < 1.29 is 0 Å². The Labute approximate surface area is 70.4 Å². The lowest BCUT2D eigenvalue weighted by Gasteiger charge is -2.00. The lowest BCUT2D eigenvalue weighted by atomic mass is 10.2. The van der Waals surface area contributed by atoms with Crippen LogP contribution < -0.4 is 5.32 Å². The molecule has 1 unspecified atom stereocenters. The maximum absolute atomic E-state index is 3.89. The molecule has 62 valence electrons. The SMILES string of the molecule is C1CNC(c2nn[nH]n2)C1.Cl. The predicted molar refractivity (Wildman–Crippen MR) is 41.4 cm³/mol. The van der Waals surface area contributed by atoms with Crippen LogP contribution in [0, 0.1) is 0 Å². The summed E-state index contributed by atoms with van der Waals surface area (Å²) in [6.07, 6.45) is 2.33. The van der Waals surface area contributed by atoms with Gasteiger partial charge in [-0.2, -0.15) is 5.21 Å². The highest BCUT2D eigenvalue weighted by Gasteiger charge is 2.19. The zero-order valence-electron chi connectivity index (χ0n) is 5.95. The van der Waals surface area contributed by atoms with E-state index in [2.05, 4.69) is 25.9 Å². The molecule has 1 aromatic rings. The molecule has 0 spiro atoms. The molecule has 2 N–H and O–H groups in total. The summed E-state index contributed by atoms with van der Waals surface area (Å²) in [5, 5.41) is 17.0. The Balaban J connectivity index is 0.000000605. The molecule has 0 bridgehead atoms. The van der Waals surface area contributed by atoms with Crippen LogP contribution in [0.15, 0.2) is 0 Å². The molecule has 0 aliphatic carbocycles. The van der Waals surface area contributed by atoms with Crippen molar-refractivity contribution in [3.8, 4) is 0 Å². The maximum Gasteiger partial charge on any atom is 0.191 e. The van der Waals surface area contributed by atoms with Gasteiger partial charge >= 0.3 is 0 Å². The van der Waals surface area contributed by atoms with Crippen LogP contribution in [0.4, 0.5) is 0 Å². The van der Waals surface area contributed by atoms with Crippen LogP contribution in [0.5, 0.6) is 0 Å². The van der Waals surface area contributed by atoms with Gasteiger partial charge in [-0.05, 0) is 19.4 Å². The van der Waals surface area contributed by atoms with Crippen molar-refractivity contribution in [1.82, 2.24) is 25.9 Å². The number of nitrogens with one attached hydrogen (secondary N) is 2. The first-order valence-corrected chi connectivity index (χ1v) is 3.43. The summed E-state index contributed by atoms with van der Waals surface area (Å²) in [4.78, 5) is 0. The molecule has 1 aliphatic rings. The van der Waals surface area contributed by atoms with E-state index in [1.54, 1.807) is 0 Å². The number of hydrogen-bond donors (Lipinski definition) is 2. The minimum absolute atomic E-state index is 0. The van der Waals surface area contributed by atoms with Gasteiger partial charge in [-0.15, -0.1) is 22.6 Å². The van der Waals surface area contributed by atoms with Gasteiger partial charge < -0.3 is 5.32 Å². The number of aromatic amines is 1. The fourth-order valence-corrected chi connectivity index (χ4v) is 1.22. The molecule has 6 heteroatoms. The van der Waals surface area contributed by atoms with E-state index in [1.807, 2.05) is 0 Å². The molecule has 2 rings (SSSR count). The fourth-order valence-electron chi connectivity index (χ4n) is 1.22. The molecule has 1 aliphatic heterocycles. The molecule has 0 aromatic carbocycles. The van der Waals surface area contributed by atoms with Gasteiger partial charge in [0.1, 0.15) is 0 Å². The third kappa shape index (κ3) is 1.66. The molecule has 0 amide bonds. The van der Waals surface area contributed by atoms with Crippen LogP contribution in [0.25, 0.3) is 0 Å². The van der Waals surface area contributed by atoms with Gasteiger partial charge in [-0.3, -0.25) is 0 Å². The highest BCUT2D eigenvalue weighted by atomic mass is 35.5. The first-order chi connectivity index (χ1) is 4.97. The Bertz CT molecular complexity index is 193. The maximum atomic E-state index is 3.89. The van der Waals surface area contributed by atoms with E-state index >= 15 is 0 Å². The minimum Gasteiger partial charge on any atom is -0.307 e. The Hall–Kier alpha value is -0.680. The van der Waals surface area contributed by atoms with Crippen LogP contribution in [-0.2, 0) is 0 Å². The van der Waals surface area contributed by atoms with E-state index in [9.17, 15) is 0 Å². The van der Waals surface area contributed by atoms with Crippen LogP contribution in [0.1, 0.15) is 24.7 Å². The van der Waals surface area contributed by atoms with Gasteiger partial charge in [0.05, 0.1) is 6.04 Å². The molecule has 1 fully saturated rings. The van der Waals surface area contributed by atoms with E-state index in [1.165, 1.54) is 6.42 Å². The number of nitrogens with zero attached hydrogens (tertiary/aromatic N) is 3. The normalized spacial score (nSPS) is 23.1. The molecule has 11 heavy (non-hydrogen) atoms. The van der Waals surface area contributed by atoms with Gasteiger partial charge in [-0.25, -0.2) is 0 Å². The fraction of sp³-hybridized carbons (Fsp3) is 0.800. The Morgan fingerprint density at radius 2 is 2.36 bits per heavy atom. The van der Waals surface area contributed by atoms with Crippen LogP contribution in [-0.4, -0.2) is 27.2 Å². The predicted octanol–water partition coefficient (Wildman–Crippen LogP) is 0.0460. The molecule has 1 atom stereocenters. The first-order valence-electron chi connectivity index (χ1n) is 3.43. The number of tetrazole rings is 1. The molecular weight excluding hydrogens is 166 g/mol. The van der Waals surface area contributed by atoms with Gasteiger partial charge in [0.15, 0.2) is 5.82 Å². The zero-order valence-corrected chi connectivity index (χ0v) is 6.77. The number of rotatable bonds is 1. The van der Waals surface area contributed by atoms with Crippen LogP contribution in [0.3, 0.4) is 0 Å². The van der Waals surface area contributed by atoms with Crippen LogP contribution in [0.2, 0.25) is 0 Å². The smallest absolute Gasteiger partial charge is 0.191 e. The first kappa shape index (κ1) is 8.42. The summed E-state index contributed by atoms with van der Waals surface area (Å²) in [6.45, 7) is 1.07. The Kier molecular flexibility index (Phi) is 2.78. The molecule has 5 nitrogen and oxygen atoms in total. The second kappa shape index (κ2) is 3.64. The van der Waals surface area contributed by atoms with Crippen molar-refractivity contribution in [2.24, 2.45) is 0 Å². The molecule has 0 saturated carbocycles. The van der Waals surface area contributed by atoms with E-state index in [0.717, 1.165) is 18.8 Å². The third-order valence-electron chi connectivity index (χ3n) is 1.73. The second-order valence-corrected chi connectivity index (χ2v) is 2.42. The Morgan fingerprint density at radius 3 is 2.91 bits per heavy atom. The summed E-state index contributed by atoms with van der Waals surface area (Å²) in [7, 11) is 0. The van der Waals surface area contributed by atoms with Crippen molar-refractivity contribution in [1.29, 1.82) is 0 Å². The molecular formula is C5H10ClN5. The largest absolute Gasteiger partial charge is 0.307 e. The van der Waals surface area contributed by atoms with Gasteiger partial charge in [0, 0.05) is 0 Å². The van der Waals surface area contributed by atoms with Crippen molar-refractivity contribution >= 4 is 12.4 Å². The number of hydrogen-bond acceptors (Lipinski definition) is 4. The van der Waals surface area contributed by atoms with Gasteiger partial charge in [0.25, 0.3) is 0 Å². The monoisotopic (exact) mass is 175 g/mol. The van der Waals surface area contributed by atoms with Crippen molar-refractivity contribution in [2.45, 2.75) is 18.9 Å². The van der Waals surface area contributed by atoms with E-state index in [0.29, 0.717) is 6.04 Å². The average Bonchev–Trinajstić information content (AvgIpc) is 2.59. The van der Waals surface area contributed by atoms with Crippen molar-refractivity contribution in [3.63, 3.8) is 0 Å². The zero-order chi connectivity index (χ0) is 6.81. The van der Waals surface area contributed by atoms with E-state index in [4.69, 9.17) is 0 Å². The second-order valence-electron chi connectivity index (χ2n) is 2.42. The molecule has 1 saturated heterocycles. The molecule has 0 radical (unpaired) electrons. The van der Waals surface area contributed by atoms with E-state index in [-0.39, 0.29) is 12.4 Å². The third-order valence-corrected chi connectivity index (χ3v) is 1.73. The van der Waals surface area contributed by atoms with Crippen molar-refractivity contribution in [2.75, 3.05) is 6.54 Å². The average molecular weight is 176 g/mol. The Morgan fingerprint density at radius 1 is 1.45 bits per heavy atom. The van der Waals surface area contributed by atoms with Gasteiger partial charge in [0.2, 0.25) is 0 Å². The molecule has 1 aromatic heterocycles. The summed E-state index contributed by atoms with van der Waals surface area (Å²) >= 11 is 0. The summed E-state index contributed by atoms with van der Waals surface area (Å²) < 4.78 is 0. The van der Waals surface area contributed by atoms with Gasteiger partial charge in [-0.1, -0.05) is 5.21 Å². The standard InChI is InChI=1S/C5H9N5.ClH/c1-2-4(6-3-1)5-7-9-10-8-5;/h4,6H,1-3H2,(H,7,8,9,10);1H. The van der Waals surface area contributed by atoms with E-state index < -0.39 is 0 Å². The summed E-state index contributed by atoms with van der Waals surface area (Å²) in [6, 6.07) is 0.332. The number of halogens is 1. The lowest BCUT2D eigenvalue weighted by molar-refractivity contribution is 0.606. The summed E-state index contributed by atoms with van der Waals surface area (Å²) in [5.74, 6) is 0.789. The van der Waals surface area contributed by atoms with Crippen molar-refractivity contribution in [3.05, 3.63) is 5.82 Å². The summed E-state index contributed by atoms with van der Waals surface area (Å²) in [5.41, 5.74) is 0. The highest BCUT2D eigenvalue weighted by Crippen LogP contribution is 2.17. The lowest BCUT2D eigenvalue weighted by Crippen LogP contribution is -2.14. The van der Waals surface area contributed by atoms with Crippen LogP contribution >= 0.6 is 12.4 Å². The number of H-pyrrole nitrogens is 1. The minimum atomic E-state index is 0. The highest BCUT2D eigenvalue weighted by molar-refractivity contribution is 5.85. The number of aromatic nitrogens is 4. The molecule has 2 heterocycles. The topological polar surface area (TPSA) is 66.5 Å². The quantitative estimate of drug-likeness (QED) is 0.633.